The number of methoxy groups -OCH3 is 2. The van der Waals surface area contributed by atoms with E-state index in [1.165, 1.54) is 26.4 Å². The van der Waals surface area contributed by atoms with Gasteiger partial charge in [0.1, 0.15) is 18.0 Å². The van der Waals surface area contributed by atoms with Crippen LogP contribution in [0.15, 0.2) is 36.4 Å². The highest BCUT2D eigenvalue weighted by molar-refractivity contribution is 5.96. The van der Waals surface area contributed by atoms with Crippen LogP contribution >= 0.6 is 0 Å². The Balaban J connectivity index is 2.39. The van der Waals surface area contributed by atoms with E-state index in [1.807, 2.05) is 0 Å². The first-order valence-electron chi connectivity index (χ1n) is 8.23. The van der Waals surface area contributed by atoms with Gasteiger partial charge >= 0.3 is 5.97 Å². The van der Waals surface area contributed by atoms with Crippen LogP contribution in [0.2, 0.25) is 0 Å². The average Bonchev–Trinajstić information content (AvgIpc) is 2.66. The van der Waals surface area contributed by atoms with Gasteiger partial charge in [0.2, 0.25) is 0 Å². The summed E-state index contributed by atoms with van der Waals surface area (Å²) in [5.74, 6) is -0.858. The number of hydrogen-bond acceptors (Lipinski definition) is 6. The maximum Gasteiger partial charge on any atom is 0.323 e. The van der Waals surface area contributed by atoms with Crippen molar-refractivity contribution in [1.29, 1.82) is 0 Å². The molecule has 28 heavy (non-hydrogen) atoms. The smallest absolute Gasteiger partial charge is 0.323 e. The predicted molar refractivity (Wildman–Crippen MR) is 99.8 cm³/mol. The van der Waals surface area contributed by atoms with E-state index in [4.69, 9.17) is 9.47 Å². The molecule has 0 fully saturated rings. The fraction of sp³-hybridized carbons (Fsp3) is 0.263. The lowest BCUT2D eigenvalue weighted by Crippen LogP contribution is -2.35. The Morgan fingerprint density at radius 3 is 2.21 bits per heavy atom. The van der Waals surface area contributed by atoms with Gasteiger partial charge in [-0.25, -0.2) is 0 Å². The number of carboxylic acids is 1. The average molecular weight is 388 g/mol. The Hall–Kier alpha value is -3.62. The first kappa shape index (κ1) is 20.7. The number of nitrogens with zero attached hydrogens (tertiary/aromatic N) is 2. The van der Waals surface area contributed by atoms with Crippen molar-refractivity contribution in [2.24, 2.45) is 0 Å². The van der Waals surface area contributed by atoms with Crippen molar-refractivity contribution >= 4 is 17.6 Å². The molecule has 0 aromatic heterocycles. The molecule has 9 heteroatoms. The van der Waals surface area contributed by atoms with Crippen molar-refractivity contribution < 1.29 is 29.1 Å². The van der Waals surface area contributed by atoms with E-state index in [1.54, 1.807) is 25.1 Å². The van der Waals surface area contributed by atoms with Crippen LogP contribution < -0.4 is 9.47 Å². The molecule has 0 aliphatic carbocycles. The van der Waals surface area contributed by atoms with Gasteiger partial charge in [-0.1, -0.05) is 6.07 Å². The van der Waals surface area contributed by atoms with Crippen molar-refractivity contribution in [3.63, 3.8) is 0 Å². The number of aliphatic carboxylic acids is 1. The highest BCUT2D eigenvalue weighted by Crippen LogP contribution is 2.25. The second-order valence-electron chi connectivity index (χ2n) is 6.03. The van der Waals surface area contributed by atoms with Crippen LogP contribution in [0.1, 0.15) is 21.5 Å². The van der Waals surface area contributed by atoms with E-state index in [9.17, 15) is 24.8 Å². The van der Waals surface area contributed by atoms with Gasteiger partial charge in [0.05, 0.1) is 19.1 Å². The summed E-state index contributed by atoms with van der Waals surface area (Å²) in [6, 6.07) is 9.00. The Morgan fingerprint density at radius 2 is 1.71 bits per heavy atom. The molecule has 0 bridgehead atoms. The Morgan fingerprint density at radius 1 is 1.11 bits per heavy atom. The van der Waals surface area contributed by atoms with Crippen LogP contribution in [0, 0.1) is 17.0 Å². The highest BCUT2D eigenvalue weighted by Gasteiger charge is 2.22. The Labute approximate surface area is 161 Å². The minimum Gasteiger partial charge on any atom is -0.497 e. The molecule has 1 N–H and O–H groups in total. The molecule has 2 aromatic carbocycles. The summed E-state index contributed by atoms with van der Waals surface area (Å²) in [4.78, 5) is 35.8. The summed E-state index contributed by atoms with van der Waals surface area (Å²) in [7, 11) is 2.95. The van der Waals surface area contributed by atoms with Crippen molar-refractivity contribution in [1.82, 2.24) is 4.90 Å². The van der Waals surface area contributed by atoms with Crippen molar-refractivity contribution in [3.8, 4) is 11.5 Å². The van der Waals surface area contributed by atoms with Gasteiger partial charge < -0.3 is 19.5 Å². The first-order valence-corrected chi connectivity index (χ1v) is 8.23. The number of ether oxygens (including phenoxy) is 2. The van der Waals surface area contributed by atoms with Crippen LogP contribution in [-0.4, -0.2) is 47.6 Å². The fourth-order valence-corrected chi connectivity index (χ4v) is 2.66. The van der Waals surface area contributed by atoms with Crippen LogP contribution in [0.3, 0.4) is 0 Å². The number of carbonyl (C=O) groups excluding carboxylic acids is 1. The van der Waals surface area contributed by atoms with Crippen LogP contribution in [-0.2, 0) is 11.3 Å². The lowest BCUT2D eigenvalue weighted by atomic mass is 10.1. The second-order valence-corrected chi connectivity index (χ2v) is 6.03. The number of hydrogen-bond donors (Lipinski definition) is 1. The van der Waals surface area contributed by atoms with Crippen LogP contribution in [0.4, 0.5) is 5.69 Å². The van der Waals surface area contributed by atoms with E-state index in [0.717, 1.165) is 11.0 Å². The zero-order chi connectivity index (χ0) is 20.8. The molecular weight excluding hydrogens is 368 g/mol. The SMILES string of the molecule is COc1cc(CN(CC(=O)O)C(=O)c2ccc(C)c([N+](=O)[O-])c2)cc(OC)c1. The molecule has 0 saturated carbocycles. The van der Waals surface area contributed by atoms with E-state index in [2.05, 4.69) is 0 Å². The molecule has 0 radical (unpaired) electrons. The summed E-state index contributed by atoms with van der Waals surface area (Å²) in [6.07, 6.45) is 0. The highest BCUT2D eigenvalue weighted by atomic mass is 16.6. The number of benzene rings is 2. The van der Waals surface area contributed by atoms with Gasteiger partial charge in [0.15, 0.2) is 0 Å². The number of nitro benzene ring substituents is 1. The zero-order valence-electron chi connectivity index (χ0n) is 15.7. The van der Waals surface area contributed by atoms with Crippen molar-refractivity contribution in [2.45, 2.75) is 13.5 Å². The molecule has 9 nitrogen and oxygen atoms in total. The van der Waals surface area contributed by atoms with Gasteiger partial charge in [-0.05, 0) is 30.7 Å². The number of amides is 1. The largest absolute Gasteiger partial charge is 0.497 e. The molecule has 0 atom stereocenters. The minimum atomic E-state index is -1.20. The summed E-state index contributed by atoms with van der Waals surface area (Å²) < 4.78 is 10.4. The third-order valence-electron chi connectivity index (χ3n) is 4.05. The van der Waals surface area contributed by atoms with E-state index in [0.29, 0.717) is 22.6 Å². The van der Waals surface area contributed by atoms with Gasteiger partial charge in [-0.15, -0.1) is 0 Å². The maximum atomic E-state index is 12.9. The van der Waals surface area contributed by atoms with Crippen molar-refractivity contribution in [3.05, 3.63) is 63.2 Å². The summed E-state index contributed by atoms with van der Waals surface area (Å²) in [5.41, 5.74) is 0.828. The topological polar surface area (TPSA) is 119 Å². The molecule has 0 unspecified atom stereocenters. The molecule has 2 aromatic rings. The molecule has 0 heterocycles. The Kier molecular flexibility index (Phi) is 6.54. The number of rotatable bonds is 8. The zero-order valence-corrected chi connectivity index (χ0v) is 15.7. The third-order valence-corrected chi connectivity index (χ3v) is 4.05. The quantitative estimate of drug-likeness (QED) is 0.545. The van der Waals surface area contributed by atoms with Crippen molar-refractivity contribution in [2.75, 3.05) is 20.8 Å². The lowest BCUT2D eigenvalue weighted by molar-refractivity contribution is -0.385. The maximum absolute atomic E-state index is 12.9. The molecule has 148 valence electrons. The number of nitro groups is 1. The molecule has 2 rings (SSSR count). The van der Waals surface area contributed by atoms with E-state index >= 15 is 0 Å². The normalized spacial score (nSPS) is 10.2. The molecule has 0 aliphatic heterocycles. The predicted octanol–water partition coefficient (Wildman–Crippen LogP) is 2.65. The molecule has 0 saturated heterocycles. The third kappa shape index (κ3) is 4.97. The standard InChI is InChI=1S/C19H20N2O7/c1-12-4-5-14(8-17(12)21(25)26)19(24)20(11-18(22)23)10-13-6-15(27-2)9-16(7-13)28-3/h4-9H,10-11H2,1-3H3,(H,22,23). The summed E-state index contributed by atoms with van der Waals surface area (Å²) in [5, 5.41) is 20.3. The van der Waals surface area contributed by atoms with Gasteiger partial charge in [0, 0.05) is 29.8 Å². The summed E-state index contributed by atoms with van der Waals surface area (Å²) in [6.45, 7) is 0.949. The number of carboxylic acid groups (broad SMARTS) is 1. The minimum absolute atomic E-state index is 0.0356. The van der Waals surface area contributed by atoms with Gasteiger partial charge in [-0.3, -0.25) is 19.7 Å². The Bertz CT molecular complexity index is 889. The van der Waals surface area contributed by atoms with Crippen LogP contribution in [0.25, 0.3) is 0 Å². The molecule has 0 aliphatic rings. The van der Waals surface area contributed by atoms with Gasteiger partial charge in [-0.2, -0.15) is 0 Å². The van der Waals surface area contributed by atoms with Gasteiger partial charge in [0.25, 0.3) is 11.6 Å². The number of carbonyl (C=O) groups is 2. The lowest BCUT2D eigenvalue weighted by Gasteiger charge is -2.21. The van der Waals surface area contributed by atoms with Crippen LogP contribution in [0.5, 0.6) is 11.5 Å². The number of aryl methyl sites for hydroxylation is 1. The molecule has 1 amide bonds. The monoisotopic (exact) mass is 388 g/mol. The van der Waals surface area contributed by atoms with E-state index in [-0.39, 0.29) is 17.8 Å². The summed E-state index contributed by atoms with van der Waals surface area (Å²) >= 11 is 0. The molecular formula is C19H20N2O7. The first-order chi connectivity index (χ1) is 13.2. The second kappa shape index (κ2) is 8.85. The molecule has 0 spiro atoms. The van der Waals surface area contributed by atoms with E-state index < -0.39 is 23.3 Å². The fourth-order valence-electron chi connectivity index (χ4n) is 2.66.